The van der Waals surface area contributed by atoms with Gasteiger partial charge in [0.15, 0.2) is 11.5 Å². The smallest absolute Gasteiger partial charge is 0.342 e. The molecule has 1 atom stereocenters. The summed E-state index contributed by atoms with van der Waals surface area (Å²) in [5.74, 6) is -1.71. The minimum atomic E-state index is -2.00. The van der Waals surface area contributed by atoms with Gasteiger partial charge in [0.2, 0.25) is 0 Å². The van der Waals surface area contributed by atoms with Crippen molar-refractivity contribution < 1.29 is 24.1 Å². The molecule has 4 aromatic rings. The lowest BCUT2D eigenvalue weighted by Gasteiger charge is -2.26. The summed E-state index contributed by atoms with van der Waals surface area (Å²) in [6.45, 7) is 0. The molecule has 0 bridgehead atoms. The first kappa shape index (κ1) is 23.8. The molecule has 1 aliphatic heterocycles. The molecule has 1 N–H and O–H groups in total. The lowest BCUT2D eigenvalue weighted by atomic mass is 9.87. The molecule has 2 heterocycles. The van der Waals surface area contributed by atoms with Crippen molar-refractivity contribution in [3.05, 3.63) is 82.9 Å². The van der Waals surface area contributed by atoms with Crippen molar-refractivity contribution in [1.82, 2.24) is 8.75 Å². The molecule has 1 aromatic heterocycles. The van der Waals surface area contributed by atoms with Gasteiger partial charge in [-0.15, -0.1) is 0 Å². The number of aliphatic hydroxyl groups is 1. The molecule has 0 saturated carbocycles. The van der Waals surface area contributed by atoms with Crippen LogP contribution in [0, 0.1) is 0 Å². The predicted octanol–water partition coefficient (Wildman–Crippen LogP) is 4.17. The summed E-state index contributed by atoms with van der Waals surface area (Å²) in [7, 11) is 6.97. The van der Waals surface area contributed by atoms with Crippen LogP contribution in [0.15, 0.2) is 66.2 Å². The Hall–Kier alpha value is -3.95. The Balaban J connectivity index is 1.70. The third-order valence-electron chi connectivity index (χ3n) is 6.28. The first-order valence-electron chi connectivity index (χ1n) is 11.2. The Kier molecular flexibility index (Phi) is 6.11. The number of cyclic esters (lactones) is 1. The number of esters is 1. The summed E-state index contributed by atoms with van der Waals surface area (Å²) < 4.78 is 25.1. The van der Waals surface area contributed by atoms with E-state index >= 15 is 0 Å². The van der Waals surface area contributed by atoms with E-state index in [4.69, 9.17) is 14.2 Å². The van der Waals surface area contributed by atoms with Gasteiger partial charge in [-0.25, -0.2) is 4.79 Å². The fourth-order valence-corrected chi connectivity index (χ4v) is 4.92. The first-order chi connectivity index (χ1) is 17.3. The highest BCUT2D eigenvalue weighted by Crippen LogP contribution is 2.46. The zero-order valence-electron chi connectivity index (χ0n) is 20.3. The van der Waals surface area contributed by atoms with Crippen molar-refractivity contribution in [2.75, 3.05) is 33.2 Å². The summed E-state index contributed by atoms with van der Waals surface area (Å²) in [6, 6.07) is 18.3. The Morgan fingerprint density at radius 3 is 2.50 bits per heavy atom. The number of benzene rings is 3. The number of nitrogens with zero attached hydrogens (tertiary/aromatic N) is 3. The lowest BCUT2D eigenvalue weighted by molar-refractivity contribution is -0.185. The number of anilines is 1. The lowest BCUT2D eigenvalue weighted by Crippen LogP contribution is -2.30. The van der Waals surface area contributed by atoms with E-state index in [2.05, 4.69) is 8.75 Å². The average Bonchev–Trinajstić information content (AvgIpc) is 3.45. The van der Waals surface area contributed by atoms with Gasteiger partial charge in [0, 0.05) is 37.3 Å². The molecule has 3 aromatic carbocycles. The molecule has 1 aliphatic rings. The van der Waals surface area contributed by atoms with Crippen LogP contribution >= 0.6 is 11.7 Å². The van der Waals surface area contributed by atoms with Crippen LogP contribution in [0.2, 0.25) is 0 Å². The Labute approximate surface area is 212 Å². The van der Waals surface area contributed by atoms with Crippen LogP contribution < -0.4 is 14.4 Å². The van der Waals surface area contributed by atoms with Crippen LogP contribution in [0.3, 0.4) is 0 Å². The molecule has 0 radical (unpaired) electrons. The highest BCUT2D eigenvalue weighted by atomic mass is 32.1. The average molecular weight is 504 g/mol. The third kappa shape index (κ3) is 4.06. The summed E-state index contributed by atoms with van der Waals surface area (Å²) >= 11 is 1.10. The number of aromatic nitrogens is 2. The molecule has 0 spiro atoms. The van der Waals surface area contributed by atoms with Crippen LogP contribution in [0.5, 0.6) is 11.5 Å². The van der Waals surface area contributed by atoms with Gasteiger partial charge in [-0.2, -0.15) is 8.75 Å². The zero-order chi connectivity index (χ0) is 25.4. The number of fused-ring (bicyclic) bond motifs is 1. The van der Waals surface area contributed by atoms with E-state index in [-0.39, 0.29) is 6.42 Å². The standard InChI is InChI=1S/C27H25N3O5S/c1-30(2)19-7-5-6-16(12-19)13-20-25(17-8-10-21-22(14-17)29-36-28-21)26(31)35-27(20,32)18-9-11-23(33-3)24(15-18)34-4/h5-12,14-15,32H,13H2,1-4H3. The Morgan fingerprint density at radius 1 is 0.972 bits per heavy atom. The fourth-order valence-electron chi connectivity index (χ4n) is 4.41. The highest BCUT2D eigenvalue weighted by molar-refractivity contribution is 7.00. The van der Waals surface area contributed by atoms with Gasteiger partial charge in [-0.3, -0.25) is 0 Å². The van der Waals surface area contributed by atoms with E-state index in [1.807, 2.05) is 49.3 Å². The van der Waals surface area contributed by atoms with E-state index < -0.39 is 11.8 Å². The van der Waals surface area contributed by atoms with E-state index in [1.54, 1.807) is 30.3 Å². The Bertz CT molecular complexity index is 1500. The number of carbonyl (C=O) groups is 1. The molecule has 0 amide bonds. The number of hydrogen-bond acceptors (Lipinski definition) is 9. The summed E-state index contributed by atoms with van der Waals surface area (Å²) in [5, 5.41) is 12.0. The second-order valence-corrected chi connectivity index (χ2v) is 9.19. The number of ether oxygens (including phenoxy) is 3. The fraction of sp³-hybridized carbons (Fsp3) is 0.222. The van der Waals surface area contributed by atoms with Crippen LogP contribution in [-0.4, -0.2) is 48.1 Å². The molecule has 36 heavy (non-hydrogen) atoms. The van der Waals surface area contributed by atoms with Gasteiger partial charge in [-0.05, 0) is 53.6 Å². The molecule has 0 aliphatic carbocycles. The van der Waals surface area contributed by atoms with Crippen molar-refractivity contribution in [3.63, 3.8) is 0 Å². The molecule has 0 saturated heterocycles. The molecule has 184 valence electrons. The van der Waals surface area contributed by atoms with E-state index in [0.717, 1.165) is 28.5 Å². The molecular weight excluding hydrogens is 478 g/mol. The topological polar surface area (TPSA) is 94.0 Å². The minimum absolute atomic E-state index is 0.279. The molecular formula is C27H25N3O5S. The maximum Gasteiger partial charge on any atom is 0.342 e. The van der Waals surface area contributed by atoms with Crippen molar-refractivity contribution in [2.45, 2.75) is 12.2 Å². The van der Waals surface area contributed by atoms with Crippen molar-refractivity contribution in [2.24, 2.45) is 0 Å². The largest absolute Gasteiger partial charge is 0.493 e. The maximum absolute atomic E-state index is 13.4. The summed E-state index contributed by atoms with van der Waals surface area (Å²) in [5.41, 5.74) is 5.04. The van der Waals surface area contributed by atoms with Gasteiger partial charge in [0.25, 0.3) is 5.79 Å². The summed E-state index contributed by atoms with van der Waals surface area (Å²) in [4.78, 5) is 15.4. The SMILES string of the molecule is COc1ccc(C2(O)OC(=O)C(c3ccc4nsnc4c3)=C2Cc2cccc(N(C)C)c2)cc1OC. The highest BCUT2D eigenvalue weighted by Gasteiger charge is 2.48. The number of carbonyl (C=O) groups excluding carboxylic acids is 1. The number of hydrogen-bond donors (Lipinski definition) is 1. The monoisotopic (exact) mass is 503 g/mol. The van der Waals surface area contributed by atoms with E-state index in [9.17, 15) is 9.90 Å². The molecule has 1 unspecified atom stereocenters. The quantitative estimate of drug-likeness (QED) is 0.376. The molecule has 5 rings (SSSR count). The van der Waals surface area contributed by atoms with Gasteiger partial charge < -0.3 is 24.2 Å². The van der Waals surface area contributed by atoms with Gasteiger partial charge in [0.05, 0.1) is 31.5 Å². The molecule has 0 fully saturated rings. The number of rotatable bonds is 7. The third-order valence-corrected chi connectivity index (χ3v) is 6.84. The second kappa shape index (κ2) is 9.25. The molecule has 8 nitrogen and oxygen atoms in total. The summed E-state index contributed by atoms with van der Waals surface area (Å²) in [6.07, 6.45) is 0.279. The Morgan fingerprint density at radius 2 is 1.75 bits per heavy atom. The van der Waals surface area contributed by atoms with Gasteiger partial charge >= 0.3 is 5.97 Å². The van der Waals surface area contributed by atoms with Gasteiger partial charge in [-0.1, -0.05) is 18.2 Å². The van der Waals surface area contributed by atoms with Crippen LogP contribution in [0.1, 0.15) is 16.7 Å². The van der Waals surface area contributed by atoms with Crippen LogP contribution in [0.25, 0.3) is 16.6 Å². The van der Waals surface area contributed by atoms with E-state index in [1.165, 1.54) is 14.2 Å². The minimum Gasteiger partial charge on any atom is -0.493 e. The number of methoxy groups -OCH3 is 2. The predicted molar refractivity (Wildman–Crippen MR) is 138 cm³/mol. The molecule has 9 heteroatoms. The first-order valence-corrected chi connectivity index (χ1v) is 12.0. The van der Waals surface area contributed by atoms with E-state index in [0.29, 0.717) is 39.3 Å². The zero-order valence-corrected chi connectivity index (χ0v) is 21.1. The van der Waals surface area contributed by atoms with Crippen molar-refractivity contribution in [3.8, 4) is 11.5 Å². The van der Waals surface area contributed by atoms with Crippen molar-refractivity contribution in [1.29, 1.82) is 0 Å². The van der Waals surface area contributed by atoms with Crippen molar-refractivity contribution >= 4 is 40.0 Å². The van der Waals surface area contributed by atoms with Gasteiger partial charge in [0.1, 0.15) is 11.0 Å². The maximum atomic E-state index is 13.4. The van der Waals surface area contributed by atoms with Crippen LogP contribution in [0.4, 0.5) is 5.69 Å². The van der Waals surface area contributed by atoms with Crippen LogP contribution in [-0.2, 0) is 21.7 Å². The second-order valence-electron chi connectivity index (χ2n) is 8.67. The normalized spacial score (nSPS) is 17.4.